The molecule has 1 aromatic rings. The summed E-state index contributed by atoms with van der Waals surface area (Å²) < 4.78 is 44.9. The van der Waals surface area contributed by atoms with Gasteiger partial charge >= 0.3 is 12.3 Å². The minimum Gasteiger partial charge on any atom is -0.444 e. The lowest BCUT2D eigenvalue weighted by atomic mass is 10.2. The summed E-state index contributed by atoms with van der Waals surface area (Å²) in [5.41, 5.74) is -1.59. The summed E-state index contributed by atoms with van der Waals surface area (Å²) in [6, 6.07) is 0.925. The summed E-state index contributed by atoms with van der Waals surface area (Å²) in [6.07, 6.45) is -4.41. The average molecular weight is 389 g/mol. The van der Waals surface area contributed by atoms with Crippen molar-refractivity contribution in [3.05, 3.63) is 11.8 Å². The molecule has 0 atom stereocenters. The molecule has 1 fully saturated rings. The van der Waals surface area contributed by atoms with Crippen molar-refractivity contribution in [1.29, 1.82) is 0 Å². The van der Waals surface area contributed by atoms with Crippen molar-refractivity contribution in [1.82, 2.24) is 14.9 Å². The third-order valence-electron chi connectivity index (χ3n) is 3.88. The first-order valence-corrected chi connectivity index (χ1v) is 8.73. The van der Waals surface area contributed by atoms with Crippen LogP contribution in [0.25, 0.3) is 0 Å². The summed E-state index contributed by atoms with van der Waals surface area (Å²) in [5, 5.41) is 0. The summed E-state index contributed by atoms with van der Waals surface area (Å²) in [7, 11) is 3.25. The van der Waals surface area contributed by atoms with E-state index in [-0.39, 0.29) is 11.8 Å². The van der Waals surface area contributed by atoms with Crippen LogP contribution < -0.4 is 9.80 Å². The Balaban J connectivity index is 2.19. The first kappa shape index (κ1) is 21.0. The molecule has 152 valence electrons. The number of anilines is 2. The molecule has 1 aliphatic rings. The van der Waals surface area contributed by atoms with Gasteiger partial charge in [-0.3, -0.25) is 0 Å². The molecular formula is C17H26F3N5O2. The Morgan fingerprint density at radius 1 is 1.11 bits per heavy atom. The Labute approximate surface area is 157 Å². The lowest BCUT2D eigenvalue weighted by molar-refractivity contribution is -0.141. The Morgan fingerprint density at radius 3 is 2.33 bits per heavy atom. The lowest BCUT2D eigenvalue weighted by Gasteiger charge is -2.26. The Kier molecular flexibility index (Phi) is 6.06. The van der Waals surface area contributed by atoms with Crippen LogP contribution in [0.15, 0.2) is 6.07 Å². The van der Waals surface area contributed by atoms with Crippen LogP contribution >= 0.6 is 0 Å². The molecule has 2 rings (SSSR count). The summed E-state index contributed by atoms with van der Waals surface area (Å²) in [6.45, 7) is 6.93. The zero-order valence-corrected chi connectivity index (χ0v) is 16.3. The van der Waals surface area contributed by atoms with Crippen LogP contribution in [-0.4, -0.2) is 66.8 Å². The van der Waals surface area contributed by atoms with Gasteiger partial charge in [0.2, 0.25) is 5.95 Å². The molecular weight excluding hydrogens is 363 g/mol. The molecule has 1 saturated heterocycles. The van der Waals surface area contributed by atoms with Gasteiger partial charge in [0.1, 0.15) is 11.4 Å². The molecule has 1 amide bonds. The summed E-state index contributed by atoms with van der Waals surface area (Å²) in [5.74, 6) is 0.195. The van der Waals surface area contributed by atoms with Gasteiger partial charge in [-0.25, -0.2) is 9.78 Å². The number of rotatable bonds is 2. The van der Waals surface area contributed by atoms with E-state index >= 15 is 0 Å². The molecule has 7 nitrogen and oxygen atoms in total. The van der Waals surface area contributed by atoms with Gasteiger partial charge in [-0.2, -0.15) is 18.2 Å². The van der Waals surface area contributed by atoms with Gasteiger partial charge in [-0.05, 0) is 27.2 Å². The third-order valence-corrected chi connectivity index (χ3v) is 3.88. The van der Waals surface area contributed by atoms with Gasteiger partial charge in [-0.1, -0.05) is 0 Å². The highest BCUT2D eigenvalue weighted by Gasteiger charge is 2.35. The third kappa shape index (κ3) is 5.86. The van der Waals surface area contributed by atoms with E-state index in [4.69, 9.17) is 4.74 Å². The monoisotopic (exact) mass is 389 g/mol. The quantitative estimate of drug-likeness (QED) is 0.775. The maximum atomic E-state index is 13.2. The second-order valence-corrected chi connectivity index (χ2v) is 7.61. The van der Waals surface area contributed by atoms with Crippen LogP contribution in [0.4, 0.5) is 29.7 Å². The van der Waals surface area contributed by atoms with Crippen LogP contribution in [0.5, 0.6) is 0 Å². The van der Waals surface area contributed by atoms with Crippen molar-refractivity contribution in [3.63, 3.8) is 0 Å². The molecule has 0 N–H and O–H groups in total. The topological polar surface area (TPSA) is 61.8 Å². The number of amides is 1. The molecule has 0 saturated carbocycles. The predicted molar refractivity (Wildman–Crippen MR) is 96.0 cm³/mol. The van der Waals surface area contributed by atoms with Crippen LogP contribution in [-0.2, 0) is 10.9 Å². The van der Waals surface area contributed by atoms with Crippen LogP contribution in [0, 0.1) is 0 Å². The largest absolute Gasteiger partial charge is 0.444 e. The molecule has 0 aromatic carbocycles. The first-order valence-electron chi connectivity index (χ1n) is 8.73. The number of nitrogens with zero attached hydrogens (tertiary/aromatic N) is 5. The minimum atomic E-state index is -4.56. The van der Waals surface area contributed by atoms with Gasteiger partial charge in [0.15, 0.2) is 5.69 Å². The van der Waals surface area contributed by atoms with Crippen LogP contribution in [0.1, 0.15) is 32.9 Å². The van der Waals surface area contributed by atoms with Crippen LogP contribution in [0.2, 0.25) is 0 Å². The molecule has 0 aliphatic carbocycles. The molecule has 27 heavy (non-hydrogen) atoms. The molecule has 1 aromatic heterocycles. The molecule has 0 radical (unpaired) electrons. The summed E-state index contributed by atoms with van der Waals surface area (Å²) >= 11 is 0. The fraction of sp³-hybridized carbons (Fsp3) is 0.706. The van der Waals surface area contributed by atoms with Gasteiger partial charge < -0.3 is 19.4 Å². The second-order valence-electron chi connectivity index (χ2n) is 7.61. The Morgan fingerprint density at radius 2 is 1.78 bits per heavy atom. The van der Waals surface area contributed by atoms with E-state index in [1.165, 1.54) is 4.90 Å². The smallest absolute Gasteiger partial charge is 0.433 e. The highest BCUT2D eigenvalue weighted by atomic mass is 19.4. The van der Waals surface area contributed by atoms with Crippen molar-refractivity contribution >= 4 is 17.9 Å². The maximum absolute atomic E-state index is 13.2. The minimum absolute atomic E-state index is 0.0135. The number of halogens is 3. The number of carbonyl (C=O) groups is 1. The SMILES string of the molecule is CN(C)c1cc(C(F)(F)F)nc(N2CCCN(C(=O)OC(C)(C)C)CC2)n1. The molecule has 10 heteroatoms. The van der Waals surface area contributed by atoms with E-state index in [1.807, 2.05) is 0 Å². The zero-order valence-electron chi connectivity index (χ0n) is 16.3. The van der Waals surface area contributed by atoms with Gasteiger partial charge in [0, 0.05) is 46.3 Å². The van der Waals surface area contributed by atoms with Gasteiger partial charge in [0.25, 0.3) is 0 Å². The number of carbonyl (C=O) groups excluding carboxylic acids is 1. The van der Waals surface area contributed by atoms with Crippen molar-refractivity contribution in [3.8, 4) is 0 Å². The van der Waals surface area contributed by atoms with E-state index in [9.17, 15) is 18.0 Å². The fourth-order valence-corrected chi connectivity index (χ4v) is 2.56. The van der Waals surface area contributed by atoms with E-state index in [1.54, 1.807) is 44.7 Å². The van der Waals surface area contributed by atoms with E-state index in [2.05, 4.69) is 9.97 Å². The van der Waals surface area contributed by atoms with Gasteiger partial charge in [0.05, 0.1) is 0 Å². The highest BCUT2D eigenvalue weighted by molar-refractivity contribution is 5.68. The average Bonchev–Trinajstić information content (AvgIpc) is 2.78. The second kappa shape index (κ2) is 7.77. The normalized spacial score (nSPS) is 16.1. The van der Waals surface area contributed by atoms with Crippen LogP contribution in [0.3, 0.4) is 0 Å². The maximum Gasteiger partial charge on any atom is 0.433 e. The van der Waals surface area contributed by atoms with Crippen molar-refractivity contribution in [2.24, 2.45) is 0 Å². The van der Waals surface area contributed by atoms with Crippen molar-refractivity contribution in [2.45, 2.75) is 39.0 Å². The van der Waals surface area contributed by atoms with E-state index in [0.717, 1.165) is 6.07 Å². The first-order chi connectivity index (χ1) is 12.4. The number of hydrogen-bond donors (Lipinski definition) is 0. The number of alkyl halides is 3. The fourth-order valence-electron chi connectivity index (χ4n) is 2.56. The van der Waals surface area contributed by atoms with E-state index < -0.39 is 23.6 Å². The van der Waals surface area contributed by atoms with E-state index in [0.29, 0.717) is 32.6 Å². The van der Waals surface area contributed by atoms with Crippen molar-refractivity contribution in [2.75, 3.05) is 50.1 Å². The Bertz CT molecular complexity index is 674. The molecule has 0 bridgehead atoms. The number of aromatic nitrogens is 2. The van der Waals surface area contributed by atoms with Gasteiger partial charge in [-0.15, -0.1) is 0 Å². The highest BCUT2D eigenvalue weighted by Crippen LogP contribution is 2.31. The van der Waals surface area contributed by atoms with Crippen molar-refractivity contribution < 1.29 is 22.7 Å². The lowest BCUT2D eigenvalue weighted by Crippen LogP contribution is -2.39. The zero-order chi connectivity index (χ0) is 20.4. The molecule has 0 spiro atoms. The molecule has 2 heterocycles. The number of ether oxygens (including phenoxy) is 1. The number of hydrogen-bond acceptors (Lipinski definition) is 6. The molecule has 0 unspecified atom stereocenters. The Hall–Kier alpha value is -2.26. The standard InChI is InChI=1S/C17H26F3N5O2/c1-16(2,3)27-15(26)25-8-6-7-24(9-10-25)14-21-12(17(18,19)20)11-13(22-14)23(4)5/h11H,6-10H2,1-5H3. The molecule has 1 aliphatic heterocycles. The summed E-state index contributed by atoms with van der Waals surface area (Å²) in [4.78, 5) is 24.9. The predicted octanol–water partition coefficient (Wildman–Crippen LogP) is 3.01.